The molecule has 0 aromatic carbocycles. The first-order chi connectivity index (χ1) is 8.08. The molecular weight excluding hydrogens is 212 g/mol. The Labute approximate surface area is 104 Å². The van der Waals surface area contributed by atoms with Crippen LogP contribution in [-0.2, 0) is 0 Å². The van der Waals surface area contributed by atoms with E-state index in [0.717, 1.165) is 31.1 Å². The maximum Gasteiger partial charge on any atom is 0.225 e. The molecule has 17 heavy (non-hydrogen) atoms. The number of anilines is 1. The van der Waals surface area contributed by atoms with E-state index >= 15 is 0 Å². The summed E-state index contributed by atoms with van der Waals surface area (Å²) in [5.41, 5.74) is 1.11. The maximum absolute atomic E-state index is 4.40. The van der Waals surface area contributed by atoms with Crippen LogP contribution >= 0.6 is 0 Å². The first kappa shape index (κ1) is 12.3. The van der Waals surface area contributed by atoms with Gasteiger partial charge in [0.2, 0.25) is 5.95 Å². The Morgan fingerprint density at radius 1 is 1.24 bits per heavy atom. The maximum atomic E-state index is 4.40. The number of piperazine rings is 1. The number of hydrogen-bond acceptors (Lipinski definition) is 4. The molecule has 1 fully saturated rings. The summed E-state index contributed by atoms with van der Waals surface area (Å²) in [4.78, 5) is 13.6. The van der Waals surface area contributed by atoms with Crippen LogP contribution in [0.2, 0.25) is 0 Å². The molecule has 1 atom stereocenters. The van der Waals surface area contributed by atoms with Crippen LogP contribution in [0.3, 0.4) is 0 Å². The van der Waals surface area contributed by atoms with E-state index in [1.165, 1.54) is 0 Å². The van der Waals surface area contributed by atoms with Crippen molar-refractivity contribution < 1.29 is 0 Å². The number of nitrogens with zero attached hydrogens (tertiary/aromatic N) is 4. The summed E-state index contributed by atoms with van der Waals surface area (Å²) in [7, 11) is 0. The average Bonchev–Trinajstić information content (AvgIpc) is 2.29. The number of rotatable bonds is 2. The molecule has 1 aromatic heterocycles. The van der Waals surface area contributed by atoms with Crippen molar-refractivity contribution in [2.75, 3.05) is 24.5 Å². The van der Waals surface area contributed by atoms with Crippen molar-refractivity contribution in [2.45, 2.75) is 39.8 Å². The molecule has 0 unspecified atom stereocenters. The van der Waals surface area contributed by atoms with Crippen molar-refractivity contribution in [1.82, 2.24) is 14.9 Å². The molecule has 0 bridgehead atoms. The largest absolute Gasteiger partial charge is 0.338 e. The van der Waals surface area contributed by atoms with Crippen molar-refractivity contribution in [2.24, 2.45) is 0 Å². The van der Waals surface area contributed by atoms with Crippen molar-refractivity contribution in [3.05, 3.63) is 18.0 Å². The highest BCUT2D eigenvalue weighted by Gasteiger charge is 2.26. The van der Waals surface area contributed by atoms with Gasteiger partial charge in [-0.2, -0.15) is 0 Å². The van der Waals surface area contributed by atoms with Gasteiger partial charge in [0.05, 0.1) is 0 Å². The first-order valence-electron chi connectivity index (χ1n) is 6.37. The zero-order valence-corrected chi connectivity index (χ0v) is 11.2. The van der Waals surface area contributed by atoms with E-state index in [9.17, 15) is 0 Å². The number of aryl methyl sites for hydroxylation is 1. The highest BCUT2D eigenvalue weighted by Crippen LogP contribution is 2.16. The fraction of sp³-hybridized carbons (Fsp3) is 0.692. The van der Waals surface area contributed by atoms with Gasteiger partial charge in [0, 0.05) is 44.1 Å². The van der Waals surface area contributed by atoms with Gasteiger partial charge in [-0.1, -0.05) is 0 Å². The van der Waals surface area contributed by atoms with E-state index in [0.29, 0.717) is 12.1 Å². The van der Waals surface area contributed by atoms with Crippen LogP contribution in [0.4, 0.5) is 5.95 Å². The number of aromatic nitrogens is 2. The van der Waals surface area contributed by atoms with Crippen LogP contribution in [0.1, 0.15) is 26.3 Å². The van der Waals surface area contributed by atoms with Crippen LogP contribution in [0.5, 0.6) is 0 Å². The Morgan fingerprint density at radius 2 is 1.88 bits per heavy atom. The summed E-state index contributed by atoms with van der Waals surface area (Å²) >= 11 is 0. The molecule has 0 N–H and O–H groups in total. The first-order valence-corrected chi connectivity index (χ1v) is 6.37. The summed E-state index contributed by atoms with van der Waals surface area (Å²) in [5.74, 6) is 0.867. The topological polar surface area (TPSA) is 32.3 Å². The minimum absolute atomic E-state index is 0.564. The van der Waals surface area contributed by atoms with Crippen molar-refractivity contribution in [1.29, 1.82) is 0 Å². The molecule has 1 saturated heterocycles. The van der Waals surface area contributed by atoms with Crippen LogP contribution < -0.4 is 4.90 Å². The van der Waals surface area contributed by atoms with E-state index in [1.54, 1.807) is 0 Å². The highest BCUT2D eigenvalue weighted by atomic mass is 15.3. The highest BCUT2D eigenvalue weighted by molar-refractivity contribution is 5.31. The minimum atomic E-state index is 0.564. The molecule has 0 saturated carbocycles. The van der Waals surface area contributed by atoms with Crippen LogP contribution in [0.15, 0.2) is 12.4 Å². The normalized spacial score (nSPS) is 22.2. The molecule has 0 aliphatic carbocycles. The lowest BCUT2D eigenvalue weighted by atomic mass is 10.1. The zero-order valence-electron chi connectivity index (χ0n) is 11.2. The molecule has 2 rings (SSSR count). The van der Waals surface area contributed by atoms with Gasteiger partial charge in [-0.15, -0.1) is 0 Å². The molecule has 1 aliphatic heterocycles. The monoisotopic (exact) mass is 234 g/mol. The third-order valence-electron chi connectivity index (χ3n) is 3.39. The van der Waals surface area contributed by atoms with E-state index < -0.39 is 0 Å². The van der Waals surface area contributed by atoms with Crippen molar-refractivity contribution in [3.8, 4) is 0 Å². The van der Waals surface area contributed by atoms with Crippen molar-refractivity contribution in [3.63, 3.8) is 0 Å². The lowest BCUT2D eigenvalue weighted by molar-refractivity contribution is 0.147. The van der Waals surface area contributed by atoms with Gasteiger partial charge in [0.15, 0.2) is 0 Å². The summed E-state index contributed by atoms with van der Waals surface area (Å²) < 4.78 is 0. The van der Waals surface area contributed by atoms with Gasteiger partial charge in [-0.05, 0) is 33.3 Å². The molecule has 2 heterocycles. The van der Waals surface area contributed by atoms with Crippen LogP contribution in [0.25, 0.3) is 0 Å². The predicted molar refractivity (Wildman–Crippen MR) is 70.3 cm³/mol. The van der Waals surface area contributed by atoms with Gasteiger partial charge in [0.25, 0.3) is 0 Å². The molecule has 0 spiro atoms. The molecule has 0 amide bonds. The molecule has 1 aromatic rings. The SMILES string of the molecule is Cc1cnc(N2CCN(C(C)C)[C@@H](C)C2)nc1. The van der Waals surface area contributed by atoms with Gasteiger partial charge >= 0.3 is 0 Å². The molecule has 4 nitrogen and oxygen atoms in total. The Hall–Kier alpha value is -1.16. The predicted octanol–water partition coefficient (Wildman–Crippen LogP) is 1.70. The van der Waals surface area contributed by atoms with Crippen molar-refractivity contribution >= 4 is 5.95 Å². The third-order valence-corrected chi connectivity index (χ3v) is 3.39. The van der Waals surface area contributed by atoms with Gasteiger partial charge in [-0.3, -0.25) is 4.90 Å². The fourth-order valence-corrected chi connectivity index (χ4v) is 2.47. The summed E-state index contributed by atoms with van der Waals surface area (Å²) in [5, 5.41) is 0. The standard InChI is InChI=1S/C13H22N4/c1-10(2)17-6-5-16(9-12(17)4)13-14-7-11(3)8-15-13/h7-8,10,12H,5-6,9H2,1-4H3/t12-/m0/s1. The molecule has 94 valence electrons. The molecular formula is C13H22N4. The van der Waals surface area contributed by atoms with E-state index in [2.05, 4.69) is 40.5 Å². The second kappa shape index (κ2) is 5.00. The minimum Gasteiger partial charge on any atom is -0.338 e. The summed E-state index contributed by atoms with van der Waals surface area (Å²) in [6.45, 7) is 11.9. The van der Waals surface area contributed by atoms with E-state index in [-0.39, 0.29) is 0 Å². The Kier molecular flexibility index (Phi) is 3.62. The van der Waals surface area contributed by atoms with Gasteiger partial charge < -0.3 is 4.90 Å². The van der Waals surface area contributed by atoms with Gasteiger partial charge in [-0.25, -0.2) is 9.97 Å². The second-order valence-corrected chi connectivity index (χ2v) is 5.19. The third kappa shape index (κ3) is 2.75. The van der Waals surface area contributed by atoms with E-state index in [1.807, 2.05) is 19.3 Å². The quantitative estimate of drug-likeness (QED) is 0.779. The average molecular weight is 234 g/mol. The number of hydrogen-bond donors (Lipinski definition) is 0. The lowest BCUT2D eigenvalue weighted by Crippen LogP contribution is -2.54. The Balaban J connectivity index is 2.04. The Bertz CT molecular complexity index is 360. The Morgan fingerprint density at radius 3 is 2.41 bits per heavy atom. The summed E-state index contributed by atoms with van der Waals surface area (Å²) in [6.07, 6.45) is 3.78. The van der Waals surface area contributed by atoms with Crippen LogP contribution in [0, 0.1) is 6.92 Å². The zero-order chi connectivity index (χ0) is 12.4. The van der Waals surface area contributed by atoms with E-state index in [4.69, 9.17) is 0 Å². The molecule has 1 aliphatic rings. The van der Waals surface area contributed by atoms with Gasteiger partial charge in [0.1, 0.15) is 0 Å². The molecule has 4 heteroatoms. The smallest absolute Gasteiger partial charge is 0.225 e. The fourth-order valence-electron chi connectivity index (χ4n) is 2.47. The second-order valence-electron chi connectivity index (χ2n) is 5.19. The lowest BCUT2D eigenvalue weighted by Gasteiger charge is -2.42. The summed E-state index contributed by atoms with van der Waals surface area (Å²) in [6, 6.07) is 1.18. The molecule has 0 radical (unpaired) electrons. The van der Waals surface area contributed by atoms with Crippen LogP contribution in [-0.4, -0.2) is 46.6 Å².